The maximum absolute atomic E-state index is 13.6. The van der Waals surface area contributed by atoms with Crippen LogP contribution in [0, 0.1) is 25.1 Å². The molecule has 0 spiro atoms. The molecule has 0 aromatic heterocycles. The van der Waals surface area contributed by atoms with Crippen molar-refractivity contribution in [3.05, 3.63) is 65.0 Å². The first-order valence-corrected chi connectivity index (χ1v) is 8.83. The van der Waals surface area contributed by atoms with Crippen LogP contribution in [0.1, 0.15) is 29.5 Å². The minimum absolute atomic E-state index is 0.271. The molecule has 2 aromatic carbocycles. The highest BCUT2D eigenvalue weighted by Gasteiger charge is 2.56. The molecule has 2 amide bonds. The smallest absolute Gasteiger partial charge is 0.240 e. The van der Waals surface area contributed by atoms with E-state index in [1.807, 2.05) is 32.0 Å². The van der Waals surface area contributed by atoms with Crippen molar-refractivity contribution < 1.29 is 14.0 Å². The molecule has 0 atom stereocenters. The summed E-state index contributed by atoms with van der Waals surface area (Å²) in [7, 11) is 0. The van der Waals surface area contributed by atoms with Crippen LogP contribution in [0.25, 0.3) is 0 Å². The minimum atomic E-state index is -0.993. The number of benzene rings is 2. The van der Waals surface area contributed by atoms with E-state index in [9.17, 15) is 14.0 Å². The van der Waals surface area contributed by atoms with Gasteiger partial charge in [-0.2, -0.15) is 0 Å². The van der Waals surface area contributed by atoms with Gasteiger partial charge in [0.05, 0.1) is 0 Å². The van der Waals surface area contributed by atoms with E-state index in [0.29, 0.717) is 31.4 Å². The van der Waals surface area contributed by atoms with Crippen LogP contribution in [0.3, 0.4) is 0 Å². The van der Waals surface area contributed by atoms with E-state index < -0.39 is 5.41 Å². The lowest BCUT2D eigenvalue weighted by atomic mass is 10.0. The second-order valence-corrected chi connectivity index (χ2v) is 6.95. The number of carbonyl (C=O) groups is 2. The van der Waals surface area contributed by atoms with Crippen molar-refractivity contribution in [3.63, 3.8) is 0 Å². The summed E-state index contributed by atoms with van der Waals surface area (Å²) in [4.78, 5) is 25.1. The molecule has 1 saturated carbocycles. The Kier molecular flexibility index (Phi) is 5.07. The Balaban J connectivity index is 1.58. The Hall–Kier alpha value is -2.69. The minimum Gasteiger partial charge on any atom is -0.355 e. The summed E-state index contributed by atoms with van der Waals surface area (Å²) in [6.45, 7) is 4.22. The molecule has 0 radical (unpaired) electrons. The first-order valence-electron chi connectivity index (χ1n) is 8.83. The summed E-state index contributed by atoms with van der Waals surface area (Å²) in [5.41, 5.74) is 2.37. The zero-order chi connectivity index (χ0) is 18.7. The topological polar surface area (TPSA) is 58.2 Å². The average Bonchev–Trinajstić information content (AvgIpc) is 3.41. The summed E-state index contributed by atoms with van der Waals surface area (Å²) in [5.74, 6) is -0.834. The standard InChI is InChI=1S/C21H23FN2O2/c1-14-7-8-18(15(2)13-14)24-20(26)21(10-11-21)19(25)23-12-9-16-5-3-4-6-17(16)22/h3-8,13H,9-12H2,1-2H3,(H,23,25)(H,24,26). The van der Waals surface area contributed by atoms with Crippen LogP contribution in [-0.4, -0.2) is 18.4 Å². The Morgan fingerprint density at radius 2 is 1.81 bits per heavy atom. The van der Waals surface area contributed by atoms with Crippen molar-refractivity contribution in [2.45, 2.75) is 33.1 Å². The first kappa shape index (κ1) is 18.1. The van der Waals surface area contributed by atoms with Crippen LogP contribution in [0.4, 0.5) is 10.1 Å². The highest BCUT2D eigenvalue weighted by atomic mass is 19.1. The Labute approximate surface area is 152 Å². The SMILES string of the molecule is Cc1ccc(NC(=O)C2(C(=O)NCCc3ccccc3F)CC2)c(C)c1. The van der Waals surface area contributed by atoms with Gasteiger partial charge in [-0.3, -0.25) is 9.59 Å². The fourth-order valence-electron chi connectivity index (χ4n) is 3.06. The summed E-state index contributed by atoms with van der Waals surface area (Å²) >= 11 is 0. The quantitative estimate of drug-likeness (QED) is 0.780. The number of halogens is 1. The lowest BCUT2D eigenvalue weighted by Gasteiger charge is -2.17. The zero-order valence-electron chi connectivity index (χ0n) is 15.1. The highest BCUT2D eigenvalue weighted by molar-refractivity contribution is 6.13. The van der Waals surface area contributed by atoms with Crippen molar-refractivity contribution in [2.24, 2.45) is 5.41 Å². The van der Waals surface area contributed by atoms with Crippen LogP contribution in [0.5, 0.6) is 0 Å². The maximum Gasteiger partial charge on any atom is 0.240 e. The molecule has 3 rings (SSSR count). The van der Waals surface area contributed by atoms with Gasteiger partial charge in [0.15, 0.2) is 0 Å². The average molecular weight is 354 g/mol. The molecule has 1 aliphatic rings. The predicted octanol–water partition coefficient (Wildman–Crippen LogP) is 3.52. The van der Waals surface area contributed by atoms with Crippen molar-refractivity contribution in [1.29, 1.82) is 0 Å². The van der Waals surface area contributed by atoms with Gasteiger partial charge in [0, 0.05) is 12.2 Å². The van der Waals surface area contributed by atoms with E-state index >= 15 is 0 Å². The van der Waals surface area contributed by atoms with Crippen LogP contribution in [-0.2, 0) is 16.0 Å². The molecule has 4 nitrogen and oxygen atoms in total. The molecule has 0 bridgehead atoms. The fraction of sp³-hybridized carbons (Fsp3) is 0.333. The number of hydrogen-bond acceptors (Lipinski definition) is 2. The number of aryl methyl sites for hydroxylation is 2. The summed E-state index contributed by atoms with van der Waals surface area (Å²) < 4.78 is 13.6. The third-order valence-electron chi connectivity index (χ3n) is 4.89. The van der Waals surface area contributed by atoms with Crippen LogP contribution in [0.2, 0.25) is 0 Å². The zero-order valence-corrected chi connectivity index (χ0v) is 15.1. The second kappa shape index (κ2) is 7.28. The van der Waals surface area contributed by atoms with Gasteiger partial charge < -0.3 is 10.6 Å². The monoisotopic (exact) mass is 354 g/mol. The number of anilines is 1. The van der Waals surface area contributed by atoms with Gasteiger partial charge in [0.25, 0.3) is 0 Å². The third kappa shape index (κ3) is 3.77. The van der Waals surface area contributed by atoms with Gasteiger partial charge in [-0.05, 0) is 56.4 Å². The van der Waals surface area contributed by atoms with Gasteiger partial charge in [0.2, 0.25) is 11.8 Å². The molecule has 2 N–H and O–H groups in total. The highest BCUT2D eigenvalue weighted by Crippen LogP contribution is 2.47. The van der Waals surface area contributed by atoms with Gasteiger partial charge in [-0.15, -0.1) is 0 Å². The molecule has 2 aromatic rings. The Morgan fingerprint density at radius 3 is 2.46 bits per heavy atom. The summed E-state index contributed by atoms with van der Waals surface area (Å²) in [5, 5.41) is 5.66. The molecule has 0 unspecified atom stereocenters. The lowest BCUT2D eigenvalue weighted by Crippen LogP contribution is -2.40. The fourth-order valence-corrected chi connectivity index (χ4v) is 3.06. The summed E-state index contributed by atoms with van der Waals surface area (Å²) in [6.07, 6.45) is 1.47. The number of rotatable bonds is 6. The number of nitrogens with one attached hydrogen (secondary N) is 2. The Bertz CT molecular complexity index is 844. The molecule has 1 aliphatic carbocycles. The normalized spacial score (nSPS) is 14.6. The summed E-state index contributed by atoms with van der Waals surface area (Å²) in [6, 6.07) is 12.3. The van der Waals surface area contributed by atoms with E-state index in [4.69, 9.17) is 0 Å². The second-order valence-electron chi connectivity index (χ2n) is 6.95. The molecule has 136 valence electrons. The predicted molar refractivity (Wildman–Crippen MR) is 99.3 cm³/mol. The number of amides is 2. The van der Waals surface area contributed by atoms with Crippen molar-refractivity contribution in [3.8, 4) is 0 Å². The van der Waals surface area contributed by atoms with Gasteiger partial charge in [-0.25, -0.2) is 4.39 Å². The molecule has 1 fully saturated rings. The van der Waals surface area contributed by atoms with E-state index in [1.54, 1.807) is 18.2 Å². The number of carbonyl (C=O) groups excluding carboxylic acids is 2. The molecule has 0 saturated heterocycles. The molecule has 0 aliphatic heterocycles. The number of hydrogen-bond donors (Lipinski definition) is 2. The Morgan fingerprint density at radius 1 is 1.08 bits per heavy atom. The van der Waals surface area contributed by atoms with E-state index in [-0.39, 0.29) is 17.6 Å². The van der Waals surface area contributed by atoms with E-state index in [0.717, 1.165) is 16.8 Å². The van der Waals surface area contributed by atoms with Crippen LogP contribution < -0.4 is 10.6 Å². The molecular formula is C21H23FN2O2. The molecular weight excluding hydrogens is 331 g/mol. The van der Waals surface area contributed by atoms with Crippen LogP contribution in [0.15, 0.2) is 42.5 Å². The third-order valence-corrected chi connectivity index (χ3v) is 4.89. The van der Waals surface area contributed by atoms with Gasteiger partial charge in [-0.1, -0.05) is 35.9 Å². The van der Waals surface area contributed by atoms with Gasteiger partial charge in [0.1, 0.15) is 11.2 Å². The maximum atomic E-state index is 13.6. The molecule has 0 heterocycles. The first-order chi connectivity index (χ1) is 12.4. The molecule has 26 heavy (non-hydrogen) atoms. The van der Waals surface area contributed by atoms with Crippen LogP contribution >= 0.6 is 0 Å². The van der Waals surface area contributed by atoms with E-state index in [1.165, 1.54) is 6.07 Å². The van der Waals surface area contributed by atoms with Crippen molar-refractivity contribution in [2.75, 3.05) is 11.9 Å². The lowest BCUT2D eigenvalue weighted by molar-refractivity contribution is -0.134. The largest absolute Gasteiger partial charge is 0.355 e. The molecule has 5 heteroatoms. The van der Waals surface area contributed by atoms with Crippen molar-refractivity contribution in [1.82, 2.24) is 5.32 Å². The van der Waals surface area contributed by atoms with Gasteiger partial charge >= 0.3 is 0 Å². The van der Waals surface area contributed by atoms with Crippen molar-refractivity contribution >= 4 is 17.5 Å². The van der Waals surface area contributed by atoms with E-state index in [2.05, 4.69) is 10.6 Å².